The lowest BCUT2D eigenvalue weighted by Crippen LogP contribution is -2.31. The van der Waals surface area contributed by atoms with Crippen molar-refractivity contribution in [1.29, 1.82) is 0 Å². The number of rotatable bonds is 5. The number of aryl methyl sites for hydroxylation is 1. The summed E-state index contributed by atoms with van der Waals surface area (Å²) in [6.07, 6.45) is 1.61. The largest absolute Gasteiger partial charge is 0.360 e. The number of nitrogens with zero attached hydrogens (tertiary/aromatic N) is 3. The summed E-state index contributed by atoms with van der Waals surface area (Å²) in [5.74, 6) is 1.19. The Bertz CT molecular complexity index is 813. The van der Waals surface area contributed by atoms with Gasteiger partial charge in [0.1, 0.15) is 11.5 Å². The van der Waals surface area contributed by atoms with Crippen molar-refractivity contribution in [3.63, 3.8) is 0 Å². The van der Waals surface area contributed by atoms with Gasteiger partial charge in [0.05, 0.1) is 11.9 Å². The number of amides is 1. The van der Waals surface area contributed by atoms with Gasteiger partial charge in [0, 0.05) is 18.3 Å². The van der Waals surface area contributed by atoms with Gasteiger partial charge in [-0.05, 0) is 38.1 Å². The summed E-state index contributed by atoms with van der Waals surface area (Å²) in [5, 5.41) is 6.93. The molecule has 6 nitrogen and oxygen atoms in total. The molecule has 24 heavy (non-hydrogen) atoms. The molecule has 0 saturated heterocycles. The molecule has 0 saturated carbocycles. The Balaban J connectivity index is 1.75. The minimum atomic E-state index is -0.132. The van der Waals surface area contributed by atoms with Crippen LogP contribution >= 0.6 is 0 Å². The minimum Gasteiger partial charge on any atom is -0.360 e. The minimum absolute atomic E-state index is 0.132. The van der Waals surface area contributed by atoms with Crippen molar-refractivity contribution < 1.29 is 9.32 Å². The average molecular weight is 322 g/mol. The number of hydrogen-bond acceptors (Lipinski definition) is 5. The average Bonchev–Trinajstić information content (AvgIpc) is 3.02. The van der Waals surface area contributed by atoms with E-state index in [1.54, 1.807) is 29.3 Å². The normalized spacial score (nSPS) is 10.4. The van der Waals surface area contributed by atoms with Crippen molar-refractivity contribution in [3.8, 4) is 0 Å². The summed E-state index contributed by atoms with van der Waals surface area (Å²) < 4.78 is 5.00. The molecule has 2 aromatic heterocycles. The lowest BCUT2D eigenvalue weighted by molar-refractivity contribution is 0.0983. The Hall–Kier alpha value is -3.15. The van der Waals surface area contributed by atoms with Crippen molar-refractivity contribution >= 4 is 23.1 Å². The monoisotopic (exact) mass is 322 g/mol. The van der Waals surface area contributed by atoms with Crippen LogP contribution in [0, 0.1) is 6.92 Å². The van der Waals surface area contributed by atoms with Crippen LogP contribution in [0.2, 0.25) is 0 Å². The van der Waals surface area contributed by atoms with Crippen molar-refractivity contribution in [2.75, 3.05) is 16.8 Å². The highest BCUT2D eigenvalue weighted by atomic mass is 16.5. The molecule has 122 valence electrons. The van der Waals surface area contributed by atoms with Crippen LogP contribution in [-0.4, -0.2) is 22.6 Å². The zero-order valence-electron chi connectivity index (χ0n) is 13.6. The lowest BCUT2D eigenvalue weighted by atomic mass is 10.2. The fraction of sp³-hybridized carbons (Fsp3) is 0.167. The topological polar surface area (TPSA) is 71.3 Å². The number of hydrogen-bond donors (Lipinski definition) is 1. The maximum Gasteiger partial charge on any atom is 0.276 e. The fourth-order valence-corrected chi connectivity index (χ4v) is 2.36. The van der Waals surface area contributed by atoms with E-state index < -0.39 is 0 Å². The second-order valence-corrected chi connectivity index (χ2v) is 5.26. The number of pyridine rings is 1. The van der Waals surface area contributed by atoms with Crippen molar-refractivity contribution in [1.82, 2.24) is 10.1 Å². The molecule has 1 aromatic carbocycles. The summed E-state index contributed by atoms with van der Waals surface area (Å²) in [6.45, 7) is 4.33. The van der Waals surface area contributed by atoms with Gasteiger partial charge in [0.15, 0.2) is 5.82 Å². The molecule has 1 N–H and O–H groups in total. The first-order valence-electron chi connectivity index (χ1n) is 7.70. The molecule has 3 aromatic rings. The second-order valence-electron chi connectivity index (χ2n) is 5.26. The Kier molecular flexibility index (Phi) is 4.56. The van der Waals surface area contributed by atoms with Crippen LogP contribution < -0.4 is 10.2 Å². The van der Waals surface area contributed by atoms with Crippen LogP contribution in [0.25, 0.3) is 0 Å². The molecule has 0 bridgehead atoms. The molecule has 2 heterocycles. The van der Waals surface area contributed by atoms with Crippen LogP contribution in [0.5, 0.6) is 0 Å². The standard InChI is InChI=1S/C18H18N4O2/c1-3-22(15-7-5-4-6-8-15)18(23)16-10-9-14(12-19-16)20-17-11-13(2)24-21-17/h4-12H,3H2,1-2H3,(H,20,21). The van der Waals surface area contributed by atoms with E-state index >= 15 is 0 Å². The summed E-state index contributed by atoms with van der Waals surface area (Å²) >= 11 is 0. The predicted octanol–water partition coefficient (Wildman–Crippen LogP) is 3.79. The molecule has 0 radical (unpaired) electrons. The third-order valence-corrected chi connectivity index (χ3v) is 3.51. The Morgan fingerprint density at radius 2 is 2.00 bits per heavy atom. The Morgan fingerprint density at radius 1 is 1.21 bits per heavy atom. The molecule has 1 amide bonds. The van der Waals surface area contributed by atoms with Gasteiger partial charge in [-0.25, -0.2) is 4.98 Å². The van der Waals surface area contributed by atoms with E-state index in [4.69, 9.17) is 4.52 Å². The Labute approximate surface area is 140 Å². The van der Waals surface area contributed by atoms with E-state index in [0.29, 0.717) is 18.1 Å². The van der Waals surface area contributed by atoms with E-state index in [1.165, 1.54) is 0 Å². The van der Waals surface area contributed by atoms with E-state index in [9.17, 15) is 4.79 Å². The fourth-order valence-electron chi connectivity index (χ4n) is 2.36. The van der Waals surface area contributed by atoms with Gasteiger partial charge >= 0.3 is 0 Å². The van der Waals surface area contributed by atoms with Crippen molar-refractivity contribution in [2.24, 2.45) is 0 Å². The van der Waals surface area contributed by atoms with Crippen molar-refractivity contribution in [2.45, 2.75) is 13.8 Å². The highest BCUT2D eigenvalue weighted by molar-refractivity contribution is 6.04. The van der Waals surface area contributed by atoms with Gasteiger partial charge in [-0.2, -0.15) is 0 Å². The molecule has 0 spiro atoms. The molecular formula is C18H18N4O2. The molecule has 0 aliphatic heterocycles. The van der Waals surface area contributed by atoms with Gasteiger partial charge < -0.3 is 14.7 Å². The van der Waals surface area contributed by atoms with Gasteiger partial charge in [-0.1, -0.05) is 23.4 Å². The number of carbonyl (C=O) groups is 1. The Morgan fingerprint density at radius 3 is 2.58 bits per heavy atom. The summed E-state index contributed by atoms with van der Waals surface area (Å²) in [4.78, 5) is 18.6. The molecule has 0 unspecified atom stereocenters. The van der Waals surface area contributed by atoms with E-state index in [1.807, 2.05) is 44.2 Å². The molecule has 0 aliphatic rings. The van der Waals surface area contributed by atoms with Crippen LogP contribution in [0.3, 0.4) is 0 Å². The number of aromatic nitrogens is 2. The SMILES string of the molecule is CCN(C(=O)c1ccc(Nc2cc(C)on2)cn1)c1ccccc1. The first kappa shape index (κ1) is 15.7. The van der Waals surface area contributed by atoms with Crippen molar-refractivity contribution in [3.05, 3.63) is 66.2 Å². The quantitative estimate of drug-likeness (QED) is 0.774. The lowest BCUT2D eigenvalue weighted by Gasteiger charge is -2.20. The predicted molar refractivity (Wildman–Crippen MR) is 92.6 cm³/mol. The first-order valence-corrected chi connectivity index (χ1v) is 7.70. The number of carbonyl (C=O) groups excluding carboxylic acids is 1. The summed E-state index contributed by atoms with van der Waals surface area (Å²) in [6, 6.07) is 14.8. The van der Waals surface area contributed by atoms with Gasteiger partial charge in [-0.3, -0.25) is 4.79 Å². The third-order valence-electron chi connectivity index (χ3n) is 3.51. The van der Waals surface area contributed by atoms with E-state index in [2.05, 4.69) is 15.5 Å². The molecule has 0 fully saturated rings. The summed E-state index contributed by atoms with van der Waals surface area (Å²) in [7, 11) is 0. The smallest absolute Gasteiger partial charge is 0.276 e. The van der Waals surface area contributed by atoms with Gasteiger partial charge in [0.25, 0.3) is 5.91 Å². The van der Waals surface area contributed by atoms with Crippen LogP contribution in [0.4, 0.5) is 17.2 Å². The molecular weight excluding hydrogens is 304 g/mol. The number of benzene rings is 1. The zero-order valence-corrected chi connectivity index (χ0v) is 13.6. The number of para-hydroxylation sites is 1. The van der Waals surface area contributed by atoms with Gasteiger partial charge in [-0.15, -0.1) is 0 Å². The molecule has 6 heteroatoms. The summed E-state index contributed by atoms with van der Waals surface area (Å²) in [5.41, 5.74) is 1.98. The number of anilines is 3. The van der Waals surface area contributed by atoms with Crippen LogP contribution in [0.15, 0.2) is 59.3 Å². The molecule has 0 atom stereocenters. The van der Waals surface area contributed by atoms with Crippen LogP contribution in [-0.2, 0) is 0 Å². The number of nitrogens with one attached hydrogen (secondary N) is 1. The highest BCUT2D eigenvalue weighted by Crippen LogP contribution is 2.18. The second kappa shape index (κ2) is 6.95. The van der Waals surface area contributed by atoms with Gasteiger partial charge in [0.2, 0.25) is 0 Å². The maximum atomic E-state index is 12.7. The maximum absolute atomic E-state index is 12.7. The first-order chi connectivity index (χ1) is 11.7. The zero-order chi connectivity index (χ0) is 16.9. The van der Waals surface area contributed by atoms with E-state index in [0.717, 1.165) is 17.1 Å². The van der Waals surface area contributed by atoms with E-state index in [-0.39, 0.29) is 5.91 Å². The molecule has 0 aliphatic carbocycles. The molecule has 3 rings (SSSR count). The van der Waals surface area contributed by atoms with Crippen LogP contribution in [0.1, 0.15) is 23.2 Å². The third kappa shape index (κ3) is 3.43. The highest BCUT2D eigenvalue weighted by Gasteiger charge is 2.17.